The van der Waals surface area contributed by atoms with Gasteiger partial charge in [0.2, 0.25) is 5.95 Å². The van der Waals surface area contributed by atoms with Gasteiger partial charge in [-0.3, -0.25) is 4.40 Å². The summed E-state index contributed by atoms with van der Waals surface area (Å²) in [5, 5.41) is 21.5. The highest BCUT2D eigenvalue weighted by Gasteiger charge is 2.35. The molecule has 5 nitrogen and oxygen atoms in total. The molecular formula is C21H20F6N4O. The zero-order chi connectivity index (χ0) is 23.1. The zero-order valence-corrected chi connectivity index (χ0v) is 16.7. The van der Waals surface area contributed by atoms with Gasteiger partial charge in [-0.2, -0.15) is 26.3 Å². The normalized spacial score (nSPS) is 20.0. The molecule has 1 aliphatic carbocycles. The molecule has 1 unspecified atom stereocenters. The number of alkyl halides is 6. The number of rotatable bonds is 4. The molecule has 3 aromatic rings. The zero-order valence-electron chi connectivity index (χ0n) is 16.7. The molecule has 0 radical (unpaired) electrons. The second-order valence-corrected chi connectivity index (χ2v) is 7.90. The Hall–Kier alpha value is -2.82. The van der Waals surface area contributed by atoms with Gasteiger partial charge in [-0.05, 0) is 42.7 Å². The molecule has 1 fully saturated rings. The first-order valence-electron chi connectivity index (χ1n) is 10.1. The quantitative estimate of drug-likeness (QED) is 0.526. The van der Waals surface area contributed by atoms with Crippen molar-refractivity contribution in [2.24, 2.45) is 0 Å². The smallest absolute Gasteiger partial charge is 0.391 e. The molecule has 2 heterocycles. The van der Waals surface area contributed by atoms with Gasteiger partial charge in [0.15, 0.2) is 0 Å². The molecule has 11 heteroatoms. The van der Waals surface area contributed by atoms with Crippen LogP contribution in [0.4, 0.5) is 32.3 Å². The number of nitrogens with one attached hydrogen (secondary N) is 1. The molecule has 0 amide bonds. The van der Waals surface area contributed by atoms with Gasteiger partial charge in [0, 0.05) is 11.8 Å². The Morgan fingerprint density at radius 2 is 1.78 bits per heavy atom. The Morgan fingerprint density at radius 3 is 2.47 bits per heavy atom. The molecule has 1 aliphatic rings. The molecular weight excluding hydrogens is 438 g/mol. The van der Waals surface area contributed by atoms with E-state index in [9.17, 15) is 31.4 Å². The molecule has 2 N–H and O–H groups in total. The van der Waals surface area contributed by atoms with E-state index in [0.717, 1.165) is 31.4 Å². The Labute approximate surface area is 179 Å². The summed E-state index contributed by atoms with van der Waals surface area (Å²) in [6.45, 7) is 0. The molecule has 0 bridgehead atoms. The molecule has 2 aromatic heterocycles. The fourth-order valence-corrected chi connectivity index (χ4v) is 4.05. The van der Waals surface area contributed by atoms with Crippen LogP contribution < -0.4 is 5.32 Å². The van der Waals surface area contributed by atoms with E-state index in [1.54, 1.807) is 22.7 Å². The molecule has 0 aliphatic heterocycles. The van der Waals surface area contributed by atoms with Gasteiger partial charge >= 0.3 is 12.4 Å². The number of benzene rings is 1. The fraction of sp³-hybridized carbons (Fsp3) is 0.429. The maximum Gasteiger partial charge on any atom is 0.416 e. The van der Waals surface area contributed by atoms with Crippen molar-refractivity contribution in [2.45, 2.75) is 56.6 Å². The van der Waals surface area contributed by atoms with Crippen molar-refractivity contribution in [1.82, 2.24) is 14.6 Å². The van der Waals surface area contributed by atoms with E-state index in [0.29, 0.717) is 24.0 Å². The van der Waals surface area contributed by atoms with Gasteiger partial charge in [0.25, 0.3) is 0 Å². The van der Waals surface area contributed by atoms with Crippen LogP contribution in [-0.2, 0) is 12.6 Å². The van der Waals surface area contributed by atoms with Crippen LogP contribution in [0.3, 0.4) is 0 Å². The lowest BCUT2D eigenvalue weighted by Crippen LogP contribution is -2.37. The Balaban J connectivity index is 1.77. The van der Waals surface area contributed by atoms with Crippen LogP contribution in [0.2, 0.25) is 0 Å². The van der Waals surface area contributed by atoms with Crippen molar-refractivity contribution >= 4 is 11.5 Å². The summed E-state index contributed by atoms with van der Waals surface area (Å²) >= 11 is 0. The standard InChI is InChI=1S/C21H20F6N4O/c22-20(23,24)11-12-10-13(21(25,26)27)7-8-14(12)18-16-5-3-9-31(16)19(30-29-18)28-15-4-1-2-6-17(15)32/h3,5,7-10,15,17,32H,1-2,4,6,11H2,(H,28,30)/t15?,17-/m0/s1. The Kier molecular flexibility index (Phi) is 5.78. The second kappa shape index (κ2) is 8.27. The molecule has 172 valence electrons. The topological polar surface area (TPSA) is 62.5 Å². The van der Waals surface area contributed by atoms with Crippen LogP contribution in [0.1, 0.15) is 36.8 Å². The number of aliphatic hydroxyl groups is 1. The van der Waals surface area contributed by atoms with Crippen molar-refractivity contribution in [3.63, 3.8) is 0 Å². The molecule has 32 heavy (non-hydrogen) atoms. The number of anilines is 1. The summed E-state index contributed by atoms with van der Waals surface area (Å²) in [4.78, 5) is 0. The van der Waals surface area contributed by atoms with Crippen LogP contribution in [0, 0.1) is 0 Å². The van der Waals surface area contributed by atoms with Gasteiger partial charge in [-0.15, -0.1) is 10.2 Å². The van der Waals surface area contributed by atoms with Gasteiger partial charge in [0.1, 0.15) is 5.69 Å². The van der Waals surface area contributed by atoms with Crippen molar-refractivity contribution in [3.05, 3.63) is 47.7 Å². The number of nitrogens with zero attached hydrogens (tertiary/aromatic N) is 3. The molecule has 1 saturated carbocycles. The van der Waals surface area contributed by atoms with E-state index < -0.39 is 36.0 Å². The summed E-state index contributed by atoms with van der Waals surface area (Å²) < 4.78 is 80.3. The van der Waals surface area contributed by atoms with E-state index in [1.165, 1.54) is 0 Å². The number of hydrogen-bond acceptors (Lipinski definition) is 4. The van der Waals surface area contributed by atoms with Crippen molar-refractivity contribution < 1.29 is 31.4 Å². The van der Waals surface area contributed by atoms with Crippen molar-refractivity contribution in [1.29, 1.82) is 0 Å². The van der Waals surface area contributed by atoms with E-state index >= 15 is 0 Å². The SMILES string of the molecule is O[C@H]1CCCCC1Nc1nnc(-c2ccc(C(F)(F)F)cc2CC(F)(F)F)c2cccn12. The molecule has 2 atom stereocenters. The molecule has 0 saturated heterocycles. The van der Waals surface area contributed by atoms with E-state index in [-0.39, 0.29) is 17.3 Å². The van der Waals surface area contributed by atoms with Crippen LogP contribution in [-0.4, -0.2) is 38.0 Å². The highest BCUT2D eigenvalue weighted by Crippen LogP contribution is 2.37. The summed E-state index contributed by atoms with van der Waals surface area (Å²) in [5.41, 5.74) is -1.35. The predicted molar refractivity (Wildman–Crippen MR) is 105 cm³/mol. The second-order valence-electron chi connectivity index (χ2n) is 7.90. The highest BCUT2D eigenvalue weighted by molar-refractivity contribution is 5.80. The number of hydrogen-bond donors (Lipinski definition) is 2. The Bertz CT molecular complexity index is 1110. The van der Waals surface area contributed by atoms with Crippen LogP contribution in [0.5, 0.6) is 0 Å². The molecule has 4 rings (SSSR count). The maximum absolute atomic E-state index is 13.1. The van der Waals surface area contributed by atoms with Crippen molar-refractivity contribution in [2.75, 3.05) is 5.32 Å². The molecule has 0 spiro atoms. The maximum atomic E-state index is 13.1. The number of halogens is 6. The summed E-state index contributed by atoms with van der Waals surface area (Å²) in [5.74, 6) is 0.295. The lowest BCUT2D eigenvalue weighted by atomic mass is 9.93. The van der Waals surface area contributed by atoms with E-state index in [1.807, 2.05) is 0 Å². The van der Waals surface area contributed by atoms with Gasteiger partial charge < -0.3 is 10.4 Å². The van der Waals surface area contributed by atoms with Crippen LogP contribution in [0.25, 0.3) is 16.8 Å². The first kappa shape index (κ1) is 22.4. The minimum atomic E-state index is -4.77. The third-order valence-corrected chi connectivity index (χ3v) is 5.59. The minimum absolute atomic E-state index is 0.0396. The number of aromatic nitrogens is 3. The number of aliphatic hydroxyl groups excluding tert-OH is 1. The van der Waals surface area contributed by atoms with E-state index in [2.05, 4.69) is 15.5 Å². The number of fused-ring (bicyclic) bond motifs is 1. The lowest BCUT2D eigenvalue weighted by Gasteiger charge is -2.28. The van der Waals surface area contributed by atoms with E-state index in [4.69, 9.17) is 0 Å². The minimum Gasteiger partial charge on any atom is -0.391 e. The highest BCUT2D eigenvalue weighted by atomic mass is 19.4. The summed E-state index contributed by atoms with van der Waals surface area (Å²) in [6.07, 6.45) is -6.74. The first-order chi connectivity index (χ1) is 15.0. The van der Waals surface area contributed by atoms with Crippen LogP contribution >= 0.6 is 0 Å². The monoisotopic (exact) mass is 458 g/mol. The Morgan fingerprint density at radius 1 is 1.03 bits per heavy atom. The predicted octanol–water partition coefficient (Wildman–Crippen LogP) is 5.24. The average Bonchev–Trinajstić information content (AvgIpc) is 3.19. The third kappa shape index (κ3) is 4.67. The lowest BCUT2D eigenvalue weighted by molar-refractivity contribution is -0.138. The van der Waals surface area contributed by atoms with Gasteiger partial charge in [0.05, 0.1) is 29.6 Å². The first-order valence-corrected chi connectivity index (χ1v) is 10.1. The summed E-state index contributed by atoms with van der Waals surface area (Å²) in [6, 6.07) is 5.23. The largest absolute Gasteiger partial charge is 0.416 e. The van der Waals surface area contributed by atoms with Crippen molar-refractivity contribution in [3.8, 4) is 11.3 Å². The average molecular weight is 458 g/mol. The van der Waals surface area contributed by atoms with Gasteiger partial charge in [-0.25, -0.2) is 0 Å². The summed E-state index contributed by atoms with van der Waals surface area (Å²) in [7, 11) is 0. The molecule has 1 aromatic carbocycles. The van der Waals surface area contributed by atoms with Gasteiger partial charge in [-0.1, -0.05) is 18.9 Å². The van der Waals surface area contributed by atoms with Crippen LogP contribution in [0.15, 0.2) is 36.5 Å². The third-order valence-electron chi connectivity index (χ3n) is 5.59. The fourth-order valence-electron chi connectivity index (χ4n) is 4.05.